The molecule has 0 aliphatic carbocycles. The maximum Gasteiger partial charge on any atom is 0.301 e. The van der Waals surface area contributed by atoms with Gasteiger partial charge >= 0.3 is 11.4 Å². The van der Waals surface area contributed by atoms with E-state index in [-0.39, 0.29) is 0 Å². The van der Waals surface area contributed by atoms with Gasteiger partial charge in [-0.05, 0) is 0 Å². The molecule has 146 valence electrons. The van der Waals surface area contributed by atoms with E-state index in [1.807, 2.05) is 0 Å². The third-order valence-electron chi connectivity index (χ3n) is 2.34. The van der Waals surface area contributed by atoms with Gasteiger partial charge in [0.25, 0.3) is 0 Å². The van der Waals surface area contributed by atoms with Crippen LogP contribution < -0.4 is 0 Å². The van der Waals surface area contributed by atoms with E-state index in [4.69, 9.17) is 155 Å². The fourth-order valence-corrected chi connectivity index (χ4v) is 4.96. The van der Waals surface area contributed by atoms with Crippen LogP contribution in [0.3, 0.4) is 0 Å². The van der Waals surface area contributed by atoms with Crippen molar-refractivity contribution >= 4 is 162 Å². The van der Waals surface area contributed by atoms with Gasteiger partial charge < -0.3 is 0 Å². The van der Waals surface area contributed by atoms with Crippen LogP contribution in [0.2, 0.25) is 0 Å². The Morgan fingerprint density at radius 3 is 1.29 bits per heavy atom. The van der Waals surface area contributed by atoms with Gasteiger partial charge in [0.15, 0.2) is 17.3 Å². The summed E-state index contributed by atoms with van der Waals surface area (Å²) in [6, 6.07) is 0. The molecule has 24 heavy (non-hydrogen) atoms. The zero-order valence-corrected chi connectivity index (χ0v) is 20.9. The number of halogens is 13. The number of hydrogen-bond donors (Lipinski definition) is 1. The first-order chi connectivity index (χ1) is 10.2. The minimum atomic E-state index is -2.83. The number of rotatable bonds is 7. The highest BCUT2D eigenvalue weighted by molar-refractivity contribution is 7.74. The van der Waals surface area contributed by atoms with Gasteiger partial charge in [0, 0.05) is 0 Å². The average molecular weight is 628 g/mol. The smallest absolute Gasteiger partial charge is 0.284 e. The summed E-state index contributed by atoms with van der Waals surface area (Å²) in [7, 11) is 0. The van der Waals surface area contributed by atoms with Crippen molar-refractivity contribution in [2.45, 2.75) is 25.5 Å². The molecule has 0 heterocycles. The minimum Gasteiger partial charge on any atom is -0.284 e. The van der Waals surface area contributed by atoms with Crippen LogP contribution in [0.4, 0.5) is 0 Å². The van der Waals surface area contributed by atoms with Crippen molar-refractivity contribution in [3.63, 3.8) is 0 Å². The lowest BCUT2D eigenvalue weighted by molar-refractivity contribution is 0.279. The summed E-state index contributed by atoms with van der Waals surface area (Å²) < 4.78 is 7.42. The molecule has 0 fully saturated rings. The predicted molar refractivity (Wildman–Crippen MR) is 109 cm³/mol. The van der Waals surface area contributed by atoms with E-state index in [9.17, 15) is 4.21 Å². The maximum absolute atomic E-state index is 10.6. The molecule has 0 radical (unpaired) electrons. The van der Waals surface area contributed by atoms with Crippen LogP contribution in [0.5, 0.6) is 0 Å². The van der Waals surface area contributed by atoms with Crippen molar-refractivity contribution < 1.29 is 12.9 Å². The van der Waals surface area contributed by atoms with Crippen molar-refractivity contribution in [1.29, 1.82) is 0 Å². The Hall–Kier alpha value is 3.84. The van der Waals surface area contributed by atoms with E-state index in [1.54, 1.807) is 0 Å². The summed E-state index contributed by atoms with van der Waals surface area (Å²) in [6.45, 7) is -0.956. The lowest BCUT2D eigenvalue weighted by Crippen LogP contribution is -2.66. The molecule has 0 saturated carbocycles. The normalized spacial score (nSPS) is 17.1. The van der Waals surface area contributed by atoms with E-state index in [0.29, 0.717) is 0 Å². The van der Waals surface area contributed by atoms with Gasteiger partial charge in [-0.3, -0.25) is 8.74 Å². The molecule has 0 saturated heterocycles. The zero-order chi connectivity index (χ0) is 20.0. The molecular weight excluding hydrogens is 625 g/mol. The second-order valence-electron chi connectivity index (χ2n) is 3.98. The molecule has 3 nitrogen and oxygen atoms in total. The fourth-order valence-electron chi connectivity index (χ4n) is 1.02. The Bertz CT molecular complexity index is 484. The van der Waals surface area contributed by atoms with Crippen LogP contribution >= 0.6 is 151 Å². The van der Waals surface area contributed by atoms with Crippen molar-refractivity contribution in [3.05, 3.63) is 0 Å². The summed E-state index contributed by atoms with van der Waals surface area (Å²) in [5.41, 5.74) is 0. The van der Waals surface area contributed by atoms with E-state index in [2.05, 4.69) is 4.18 Å². The lowest BCUT2D eigenvalue weighted by Gasteiger charge is -2.50. The molecule has 1 atom stereocenters. The SMILES string of the molecule is O=S(O)OCC(Cl)(Cl)C(Cl)(Cl)C(Cl)(Cl)C(Cl)(Cl)C(Cl)(Cl)C(Cl)(Cl)Cl. The topological polar surface area (TPSA) is 46.5 Å². The molecule has 0 aromatic heterocycles. The lowest BCUT2D eigenvalue weighted by atomic mass is 10.1. The average Bonchev–Trinajstić information content (AvgIpc) is 2.34. The summed E-state index contributed by atoms with van der Waals surface area (Å²) in [5.74, 6) is 0. The molecule has 0 bridgehead atoms. The molecule has 1 N–H and O–H groups in total. The van der Waals surface area contributed by atoms with Gasteiger partial charge in [-0.15, -0.1) is 0 Å². The minimum absolute atomic E-state index is 0.956. The predicted octanol–water partition coefficient (Wildman–Crippen LogP) is 7.38. The Kier molecular flexibility index (Phi) is 10.3. The summed E-state index contributed by atoms with van der Waals surface area (Å²) in [4.78, 5) is 0. The molecule has 1 unspecified atom stereocenters. The van der Waals surface area contributed by atoms with Gasteiger partial charge in [0.2, 0.25) is 8.13 Å². The van der Waals surface area contributed by atoms with Crippen LogP contribution in [0.15, 0.2) is 0 Å². The molecule has 0 rings (SSSR count). The molecule has 0 aromatic rings. The van der Waals surface area contributed by atoms with E-state index in [0.717, 1.165) is 0 Å². The first kappa shape index (κ1) is 27.8. The standard InChI is InChI=1S/C7H3Cl13O3S/c8-2(9,1-23-24(21)22)3(10,11)4(12,13)5(14,15)6(16,17)7(18,19)20/h1H2,(H,21,22). The van der Waals surface area contributed by atoms with E-state index < -0.39 is 43.4 Å². The highest BCUT2D eigenvalue weighted by Gasteiger charge is 2.76. The first-order valence-electron chi connectivity index (χ1n) is 4.86. The number of alkyl halides is 13. The Balaban J connectivity index is 6.05. The highest BCUT2D eigenvalue weighted by atomic mass is 35.6. The molecule has 17 heteroatoms. The van der Waals surface area contributed by atoms with Gasteiger partial charge in [0.1, 0.15) is 6.61 Å². The highest BCUT2D eigenvalue weighted by Crippen LogP contribution is 2.68. The molecule has 0 aromatic carbocycles. The largest absolute Gasteiger partial charge is 0.301 e. The summed E-state index contributed by atoms with van der Waals surface area (Å²) in [6.07, 6.45) is 0. The Labute approximate surface area is 205 Å². The van der Waals surface area contributed by atoms with Crippen molar-refractivity contribution in [3.8, 4) is 0 Å². The van der Waals surface area contributed by atoms with Crippen LogP contribution in [0, 0.1) is 0 Å². The Morgan fingerprint density at radius 2 is 1.00 bits per heavy atom. The third kappa shape index (κ3) is 5.30. The van der Waals surface area contributed by atoms with E-state index >= 15 is 0 Å². The quantitative estimate of drug-likeness (QED) is 0.237. The molecular formula is C7H3Cl13O3S. The second kappa shape index (κ2) is 8.91. The van der Waals surface area contributed by atoms with Crippen molar-refractivity contribution in [2.75, 3.05) is 6.61 Å². The zero-order valence-electron chi connectivity index (χ0n) is 10.3. The maximum atomic E-state index is 10.6. The fraction of sp³-hybridized carbons (Fsp3) is 1.00. The van der Waals surface area contributed by atoms with Crippen molar-refractivity contribution in [2.24, 2.45) is 0 Å². The van der Waals surface area contributed by atoms with Gasteiger partial charge in [-0.1, -0.05) is 151 Å². The van der Waals surface area contributed by atoms with Crippen LogP contribution in [0.25, 0.3) is 0 Å². The molecule has 0 aliphatic rings. The first-order valence-corrected chi connectivity index (χ1v) is 10.8. The summed E-state index contributed by atoms with van der Waals surface area (Å²) >= 11 is 73.7. The monoisotopic (exact) mass is 622 g/mol. The van der Waals surface area contributed by atoms with Crippen molar-refractivity contribution in [1.82, 2.24) is 0 Å². The summed E-state index contributed by atoms with van der Waals surface area (Å²) in [5, 5.41) is 0. The van der Waals surface area contributed by atoms with Crippen LogP contribution in [-0.2, 0) is 15.5 Å². The van der Waals surface area contributed by atoms with Crippen LogP contribution in [-0.4, -0.2) is 40.8 Å². The molecule has 0 amide bonds. The van der Waals surface area contributed by atoms with Gasteiger partial charge in [0.05, 0.1) is 0 Å². The molecule has 0 aliphatic heterocycles. The molecule has 0 spiro atoms. The Morgan fingerprint density at radius 1 is 0.667 bits per heavy atom. The van der Waals surface area contributed by atoms with Gasteiger partial charge in [-0.25, -0.2) is 0 Å². The number of hydrogen-bond acceptors (Lipinski definition) is 2. The second-order valence-corrected chi connectivity index (χ2v) is 13.7. The van der Waals surface area contributed by atoms with Crippen LogP contribution in [0.1, 0.15) is 0 Å². The van der Waals surface area contributed by atoms with E-state index in [1.165, 1.54) is 0 Å². The van der Waals surface area contributed by atoms with Gasteiger partial charge in [-0.2, -0.15) is 4.21 Å². The third-order valence-corrected chi connectivity index (χ3v) is 11.0.